The highest BCUT2D eigenvalue weighted by atomic mass is 32.2. The van der Waals surface area contributed by atoms with Crippen molar-refractivity contribution in [3.8, 4) is 22.7 Å². The molecule has 0 amide bonds. The van der Waals surface area contributed by atoms with E-state index < -0.39 is 16.4 Å². The number of benzene rings is 2. The fourth-order valence-corrected chi connectivity index (χ4v) is 4.04. The normalized spacial score (nSPS) is 13.3. The molecule has 1 aliphatic rings. The Morgan fingerprint density at radius 3 is 2.46 bits per heavy atom. The topological polar surface area (TPSA) is 87.2 Å². The molecule has 6 nitrogen and oxygen atoms in total. The van der Waals surface area contributed by atoms with E-state index in [0.717, 1.165) is 11.1 Å². The van der Waals surface area contributed by atoms with Gasteiger partial charge in [-0.3, -0.25) is 0 Å². The lowest BCUT2D eigenvalue weighted by atomic mass is 9.88. The largest absolute Gasteiger partial charge is 0.497 e. The molecular weight excluding hydrogens is 388 g/mol. The molecule has 1 aliphatic carbocycles. The van der Waals surface area contributed by atoms with E-state index in [1.54, 1.807) is 13.2 Å². The minimum atomic E-state index is -3.85. The van der Waals surface area contributed by atoms with Crippen molar-refractivity contribution >= 4 is 10.0 Å². The molecule has 0 saturated carbocycles. The maximum Gasteiger partial charge on any atom is 0.282 e. The number of alkyl halides is 2. The van der Waals surface area contributed by atoms with Gasteiger partial charge < -0.3 is 4.74 Å². The fourth-order valence-electron chi connectivity index (χ4n) is 3.52. The number of hydrogen-bond acceptors (Lipinski definition) is 4. The maximum atomic E-state index is 13.6. The summed E-state index contributed by atoms with van der Waals surface area (Å²) >= 11 is 0. The van der Waals surface area contributed by atoms with E-state index in [2.05, 4.69) is 5.10 Å². The smallest absolute Gasteiger partial charge is 0.282 e. The Morgan fingerprint density at radius 1 is 1.14 bits per heavy atom. The molecule has 1 heterocycles. The molecule has 0 fully saturated rings. The van der Waals surface area contributed by atoms with Gasteiger partial charge >= 0.3 is 0 Å². The molecule has 0 atom stereocenters. The number of sulfonamides is 1. The van der Waals surface area contributed by atoms with Gasteiger partial charge in [-0.15, -0.1) is 0 Å². The molecule has 2 aromatic carbocycles. The van der Waals surface area contributed by atoms with Gasteiger partial charge in [0, 0.05) is 11.1 Å². The van der Waals surface area contributed by atoms with E-state index in [1.807, 2.05) is 12.1 Å². The van der Waals surface area contributed by atoms with Crippen molar-refractivity contribution in [1.82, 2.24) is 9.78 Å². The van der Waals surface area contributed by atoms with E-state index >= 15 is 0 Å². The third kappa shape index (κ3) is 3.06. The van der Waals surface area contributed by atoms with Crippen molar-refractivity contribution in [2.75, 3.05) is 7.11 Å². The zero-order chi connectivity index (χ0) is 20.1. The number of halogens is 2. The van der Waals surface area contributed by atoms with E-state index in [9.17, 15) is 17.2 Å². The zero-order valence-corrected chi connectivity index (χ0v) is 15.7. The highest BCUT2D eigenvalue weighted by molar-refractivity contribution is 7.89. The van der Waals surface area contributed by atoms with Crippen LogP contribution in [0.2, 0.25) is 0 Å². The molecule has 0 unspecified atom stereocenters. The van der Waals surface area contributed by atoms with Gasteiger partial charge in [0.1, 0.15) is 11.4 Å². The molecule has 1 aromatic heterocycles. The number of methoxy groups -OCH3 is 1. The number of aryl methyl sites for hydroxylation is 1. The molecule has 0 saturated heterocycles. The van der Waals surface area contributed by atoms with Crippen LogP contribution in [0.25, 0.3) is 16.9 Å². The summed E-state index contributed by atoms with van der Waals surface area (Å²) in [6, 6.07) is 11.2. The predicted molar refractivity (Wildman–Crippen MR) is 99.3 cm³/mol. The van der Waals surface area contributed by atoms with Gasteiger partial charge in [0.15, 0.2) is 0 Å². The lowest BCUT2D eigenvalue weighted by Crippen LogP contribution is -2.12. The first-order valence-electron chi connectivity index (χ1n) is 8.50. The molecule has 0 bridgehead atoms. The van der Waals surface area contributed by atoms with Crippen LogP contribution in [-0.2, 0) is 22.9 Å². The molecule has 146 valence electrons. The summed E-state index contributed by atoms with van der Waals surface area (Å²) in [6.45, 7) is 0. The summed E-state index contributed by atoms with van der Waals surface area (Å²) < 4.78 is 56.9. The highest BCUT2D eigenvalue weighted by Gasteiger charge is 2.29. The van der Waals surface area contributed by atoms with Crippen LogP contribution in [0, 0.1) is 0 Å². The van der Waals surface area contributed by atoms with Crippen LogP contribution in [0.1, 0.15) is 23.2 Å². The Morgan fingerprint density at radius 2 is 1.86 bits per heavy atom. The van der Waals surface area contributed by atoms with Crippen LogP contribution in [0.4, 0.5) is 8.78 Å². The molecule has 4 rings (SSSR count). The van der Waals surface area contributed by atoms with Gasteiger partial charge in [0.25, 0.3) is 6.43 Å². The van der Waals surface area contributed by atoms with E-state index in [1.165, 1.54) is 28.9 Å². The number of aromatic nitrogens is 2. The first-order valence-corrected chi connectivity index (χ1v) is 10.0. The van der Waals surface area contributed by atoms with Crippen molar-refractivity contribution in [3.05, 3.63) is 59.3 Å². The van der Waals surface area contributed by atoms with Gasteiger partial charge in [0.05, 0.1) is 23.4 Å². The average molecular weight is 405 g/mol. The molecule has 28 heavy (non-hydrogen) atoms. The van der Waals surface area contributed by atoms with E-state index in [4.69, 9.17) is 9.88 Å². The monoisotopic (exact) mass is 405 g/mol. The van der Waals surface area contributed by atoms with Crippen LogP contribution < -0.4 is 9.88 Å². The maximum absolute atomic E-state index is 13.6. The van der Waals surface area contributed by atoms with Crippen LogP contribution in [0.15, 0.2) is 47.4 Å². The third-order valence-corrected chi connectivity index (χ3v) is 5.77. The zero-order valence-electron chi connectivity index (χ0n) is 14.9. The number of primary sulfonamides is 1. The predicted octanol–water partition coefficient (Wildman–Crippen LogP) is 3.23. The fraction of sp³-hybridized carbons (Fsp3) is 0.211. The standard InChI is InChI=1S/C19H17F2N3O3S/c1-27-13-5-9-15-11(10-13)2-8-16-17(19(20)21)23-24(18(15)16)12-3-6-14(7-4-12)28(22,25)26/h3-7,9-10,19H,2,8H2,1H3,(H2,22,25,26). The molecule has 3 aromatic rings. The molecular formula is C19H17F2N3O3S. The molecule has 0 spiro atoms. The number of hydrogen-bond donors (Lipinski definition) is 1. The summed E-state index contributed by atoms with van der Waals surface area (Å²) in [5.41, 5.74) is 3.09. The van der Waals surface area contributed by atoms with Gasteiger partial charge in [-0.2, -0.15) is 5.10 Å². The quantitative estimate of drug-likeness (QED) is 0.722. The first kappa shape index (κ1) is 18.6. The Balaban J connectivity index is 1.92. The third-order valence-electron chi connectivity index (χ3n) is 4.84. The SMILES string of the molecule is COc1ccc2c(c1)CCc1c(C(F)F)nn(-c3ccc(S(N)(=O)=O)cc3)c1-2. The Kier molecular flexibility index (Phi) is 4.43. The summed E-state index contributed by atoms with van der Waals surface area (Å²) in [5, 5.41) is 9.28. The lowest BCUT2D eigenvalue weighted by molar-refractivity contribution is 0.144. The second kappa shape index (κ2) is 6.68. The molecule has 9 heteroatoms. The summed E-state index contributed by atoms with van der Waals surface area (Å²) in [7, 11) is -2.28. The number of ether oxygens (including phenoxy) is 1. The number of fused-ring (bicyclic) bond motifs is 3. The molecule has 0 radical (unpaired) electrons. The van der Waals surface area contributed by atoms with Crippen LogP contribution >= 0.6 is 0 Å². The minimum Gasteiger partial charge on any atom is -0.497 e. The van der Waals surface area contributed by atoms with Crippen LogP contribution in [0.5, 0.6) is 5.75 Å². The molecule has 2 N–H and O–H groups in total. The van der Waals surface area contributed by atoms with Crippen molar-refractivity contribution in [1.29, 1.82) is 0 Å². The van der Waals surface area contributed by atoms with E-state index in [0.29, 0.717) is 35.5 Å². The number of nitrogens with zero attached hydrogens (tertiary/aromatic N) is 2. The highest BCUT2D eigenvalue weighted by Crippen LogP contribution is 2.40. The van der Waals surface area contributed by atoms with Crippen molar-refractivity contribution in [3.63, 3.8) is 0 Å². The Bertz CT molecular complexity index is 1160. The van der Waals surface area contributed by atoms with Gasteiger partial charge in [0.2, 0.25) is 10.0 Å². The van der Waals surface area contributed by atoms with Crippen molar-refractivity contribution < 1.29 is 21.9 Å². The first-order chi connectivity index (χ1) is 13.3. The average Bonchev–Trinajstić information content (AvgIpc) is 3.07. The minimum absolute atomic E-state index is 0.0588. The summed E-state index contributed by atoms with van der Waals surface area (Å²) in [6.07, 6.45) is -1.67. The second-order valence-corrected chi connectivity index (χ2v) is 8.05. The summed E-state index contributed by atoms with van der Waals surface area (Å²) in [4.78, 5) is -0.0588. The number of rotatable bonds is 4. The molecule has 0 aliphatic heterocycles. The second-order valence-electron chi connectivity index (χ2n) is 6.49. The van der Waals surface area contributed by atoms with E-state index in [-0.39, 0.29) is 10.6 Å². The van der Waals surface area contributed by atoms with Gasteiger partial charge in [-0.25, -0.2) is 27.0 Å². The Hall–Kier alpha value is -2.78. The van der Waals surface area contributed by atoms with Gasteiger partial charge in [-0.05, 0) is 60.9 Å². The number of nitrogens with two attached hydrogens (primary N) is 1. The van der Waals surface area contributed by atoms with Crippen molar-refractivity contribution in [2.24, 2.45) is 5.14 Å². The lowest BCUT2D eigenvalue weighted by Gasteiger charge is -2.19. The van der Waals surface area contributed by atoms with Crippen LogP contribution in [-0.4, -0.2) is 25.3 Å². The summed E-state index contributed by atoms with van der Waals surface area (Å²) in [5.74, 6) is 0.694. The van der Waals surface area contributed by atoms with Crippen LogP contribution in [0.3, 0.4) is 0 Å². The Labute approximate surface area is 160 Å². The van der Waals surface area contributed by atoms with Gasteiger partial charge in [-0.1, -0.05) is 0 Å². The van der Waals surface area contributed by atoms with Crippen molar-refractivity contribution in [2.45, 2.75) is 24.2 Å².